The van der Waals surface area contributed by atoms with Crippen molar-refractivity contribution >= 4 is 5.91 Å². The Morgan fingerprint density at radius 1 is 0.939 bits per heavy atom. The molecule has 1 heterocycles. The van der Waals surface area contributed by atoms with Crippen molar-refractivity contribution in [2.24, 2.45) is 0 Å². The maximum Gasteiger partial charge on any atom is 0.251 e. The largest absolute Gasteiger partial charge is 0.457 e. The van der Waals surface area contributed by atoms with Crippen molar-refractivity contribution in [2.45, 2.75) is 20.4 Å². The van der Waals surface area contributed by atoms with Gasteiger partial charge in [-0.05, 0) is 55.3 Å². The zero-order valence-corrected chi connectivity index (χ0v) is 18.2. The Kier molecular flexibility index (Phi) is 6.45. The van der Waals surface area contributed by atoms with Crippen LogP contribution in [-0.4, -0.2) is 10.9 Å². The molecule has 0 saturated heterocycles. The third kappa shape index (κ3) is 5.23. The number of nitrogens with zero attached hydrogens (tertiary/aromatic N) is 1. The van der Waals surface area contributed by atoms with Crippen LogP contribution in [0.1, 0.15) is 27.0 Å². The summed E-state index contributed by atoms with van der Waals surface area (Å²) in [5, 5.41) is 2.70. The van der Waals surface area contributed by atoms with E-state index in [0.717, 1.165) is 22.9 Å². The average molecular weight is 444 g/mol. The number of aromatic nitrogens is 1. The molecule has 4 nitrogen and oxygen atoms in total. The number of carbonyl (C=O) groups is 1. The summed E-state index contributed by atoms with van der Waals surface area (Å²) in [5.41, 5.74) is 4.31. The third-order valence-electron chi connectivity index (χ3n) is 5.28. The van der Waals surface area contributed by atoms with Gasteiger partial charge in [-0.3, -0.25) is 9.78 Å². The topological polar surface area (TPSA) is 51.2 Å². The van der Waals surface area contributed by atoms with Gasteiger partial charge < -0.3 is 10.1 Å². The van der Waals surface area contributed by atoms with Gasteiger partial charge >= 0.3 is 0 Å². The average Bonchev–Trinajstić information content (AvgIpc) is 2.79. The molecule has 0 spiro atoms. The van der Waals surface area contributed by atoms with Crippen molar-refractivity contribution in [1.82, 2.24) is 10.3 Å². The quantitative estimate of drug-likeness (QED) is 0.376. The number of hydrogen-bond donors (Lipinski definition) is 1. The van der Waals surface area contributed by atoms with E-state index in [1.807, 2.05) is 37.3 Å². The summed E-state index contributed by atoms with van der Waals surface area (Å²) in [4.78, 5) is 17.2. The minimum absolute atomic E-state index is 0.00216. The molecule has 4 rings (SSSR count). The molecule has 0 unspecified atom stereocenters. The van der Waals surface area contributed by atoms with E-state index in [1.54, 1.807) is 37.4 Å². The second-order valence-corrected chi connectivity index (χ2v) is 7.68. The number of nitrogens with one attached hydrogen (secondary N) is 1. The van der Waals surface area contributed by atoms with Crippen molar-refractivity contribution in [1.29, 1.82) is 0 Å². The summed E-state index contributed by atoms with van der Waals surface area (Å²) in [6.45, 7) is 3.81. The Morgan fingerprint density at radius 3 is 2.45 bits per heavy atom. The number of carbonyl (C=O) groups excluding carboxylic acids is 1. The first-order chi connectivity index (χ1) is 15.9. The van der Waals surface area contributed by atoms with E-state index in [9.17, 15) is 13.6 Å². The molecule has 0 aliphatic rings. The number of ether oxygens (including phenoxy) is 1. The fourth-order valence-corrected chi connectivity index (χ4v) is 3.57. The van der Waals surface area contributed by atoms with E-state index in [1.165, 1.54) is 12.1 Å². The van der Waals surface area contributed by atoms with Gasteiger partial charge in [0.15, 0.2) is 0 Å². The summed E-state index contributed by atoms with van der Waals surface area (Å²) in [6, 6.07) is 19.9. The molecular formula is C27H22F2N2O2. The molecule has 6 heteroatoms. The van der Waals surface area contributed by atoms with Gasteiger partial charge in [-0.1, -0.05) is 30.3 Å². The van der Waals surface area contributed by atoms with Gasteiger partial charge in [-0.15, -0.1) is 0 Å². The van der Waals surface area contributed by atoms with E-state index in [0.29, 0.717) is 28.2 Å². The molecule has 33 heavy (non-hydrogen) atoms. The molecule has 0 aliphatic heterocycles. The van der Waals surface area contributed by atoms with E-state index >= 15 is 0 Å². The van der Waals surface area contributed by atoms with Crippen LogP contribution < -0.4 is 10.1 Å². The second kappa shape index (κ2) is 9.61. The number of aryl methyl sites for hydroxylation is 1. The number of rotatable bonds is 6. The molecule has 0 bridgehead atoms. The monoisotopic (exact) mass is 444 g/mol. The molecule has 0 aliphatic carbocycles. The summed E-state index contributed by atoms with van der Waals surface area (Å²) in [7, 11) is 0. The summed E-state index contributed by atoms with van der Waals surface area (Å²) < 4.78 is 32.8. The van der Waals surface area contributed by atoms with E-state index in [2.05, 4.69) is 10.3 Å². The van der Waals surface area contributed by atoms with Gasteiger partial charge in [0.25, 0.3) is 5.91 Å². The normalized spacial score (nSPS) is 10.7. The van der Waals surface area contributed by atoms with Crippen molar-refractivity contribution in [3.05, 3.63) is 113 Å². The van der Waals surface area contributed by atoms with Crippen LogP contribution in [0, 0.1) is 25.5 Å². The summed E-state index contributed by atoms with van der Waals surface area (Å²) >= 11 is 0. The zero-order valence-electron chi connectivity index (χ0n) is 18.2. The fourth-order valence-electron chi connectivity index (χ4n) is 3.57. The van der Waals surface area contributed by atoms with E-state index < -0.39 is 11.6 Å². The molecule has 166 valence electrons. The van der Waals surface area contributed by atoms with Crippen LogP contribution in [-0.2, 0) is 6.54 Å². The van der Waals surface area contributed by atoms with Crippen LogP contribution in [0.15, 0.2) is 79.0 Å². The lowest BCUT2D eigenvalue weighted by Gasteiger charge is -2.14. The van der Waals surface area contributed by atoms with E-state index in [4.69, 9.17) is 4.74 Å². The second-order valence-electron chi connectivity index (χ2n) is 7.68. The molecular weight excluding hydrogens is 422 g/mol. The Morgan fingerprint density at radius 2 is 1.70 bits per heavy atom. The van der Waals surface area contributed by atoms with Crippen molar-refractivity contribution in [3.8, 4) is 22.8 Å². The third-order valence-corrected chi connectivity index (χ3v) is 5.28. The predicted molar refractivity (Wildman–Crippen MR) is 123 cm³/mol. The highest BCUT2D eigenvalue weighted by Crippen LogP contribution is 2.30. The Labute approximate surface area is 190 Å². The molecule has 3 aromatic carbocycles. The first-order valence-corrected chi connectivity index (χ1v) is 10.4. The Balaban J connectivity index is 1.52. The minimum atomic E-state index is -0.687. The van der Waals surface area contributed by atoms with Crippen molar-refractivity contribution in [3.63, 3.8) is 0 Å². The first kappa shape index (κ1) is 22.1. The predicted octanol–water partition coefficient (Wildman–Crippen LogP) is 6.37. The highest BCUT2D eigenvalue weighted by Gasteiger charge is 2.14. The standard InChI is InChI=1S/C27H22F2N2O2/c1-17-6-3-4-7-23(17)25-15-22(10-11-30-25)33-26-9-5-8-24(18(26)2)27(32)31-16-19-12-20(28)14-21(29)13-19/h3-15H,16H2,1-2H3,(H,31,32). The van der Waals surface area contributed by atoms with Gasteiger partial charge in [0.1, 0.15) is 23.1 Å². The molecule has 0 atom stereocenters. The van der Waals surface area contributed by atoms with Crippen LogP contribution in [0.3, 0.4) is 0 Å². The fraction of sp³-hybridized carbons (Fsp3) is 0.111. The number of pyridine rings is 1. The smallest absolute Gasteiger partial charge is 0.251 e. The molecule has 4 aromatic rings. The first-order valence-electron chi connectivity index (χ1n) is 10.4. The van der Waals surface area contributed by atoms with Crippen LogP contribution in [0.4, 0.5) is 8.78 Å². The molecule has 0 radical (unpaired) electrons. The highest BCUT2D eigenvalue weighted by molar-refractivity contribution is 5.96. The zero-order chi connectivity index (χ0) is 23.4. The number of hydrogen-bond acceptors (Lipinski definition) is 3. The number of amides is 1. The molecule has 1 aromatic heterocycles. The number of halogens is 2. The minimum Gasteiger partial charge on any atom is -0.457 e. The van der Waals surface area contributed by atoms with Crippen LogP contribution >= 0.6 is 0 Å². The van der Waals surface area contributed by atoms with Crippen molar-refractivity contribution < 1.29 is 18.3 Å². The van der Waals surface area contributed by atoms with Crippen LogP contribution in [0.25, 0.3) is 11.3 Å². The summed E-state index contributed by atoms with van der Waals surface area (Å²) in [5.74, 6) is -0.611. The molecule has 1 N–H and O–H groups in total. The van der Waals surface area contributed by atoms with Gasteiger partial charge in [0.2, 0.25) is 0 Å². The lowest BCUT2D eigenvalue weighted by Crippen LogP contribution is -2.23. The van der Waals surface area contributed by atoms with Crippen LogP contribution in [0.5, 0.6) is 11.5 Å². The summed E-state index contributed by atoms with van der Waals surface area (Å²) in [6.07, 6.45) is 1.68. The maximum absolute atomic E-state index is 13.4. The maximum atomic E-state index is 13.4. The molecule has 0 fully saturated rings. The van der Waals surface area contributed by atoms with E-state index in [-0.39, 0.29) is 12.5 Å². The van der Waals surface area contributed by atoms with Gasteiger partial charge in [0, 0.05) is 41.6 Å². The Hall–Kier alpha value is -4.06. The van der Waals surface area contributed by atoms with Crippen molar-refractivity contribution in [2.75, 3.05) is 0 Å². The lowest BCUT2D eigenvalue weighted by atomic mass is 10.1. The molecule has 0 saturated carbocycles. The number of benzene rings is 3. The van der Waals surface area contributed by atoms with Gasteiger partial charge in [0.05, 0.1) is 5.69 Å². The SMILES string of the molecule is Cc1ccccc1-c1cc(Oc2cccc(C(=O)NCc3cc(F)cc(F)c3)c2C)ccn1. The lowest BCUT2D eigenvalue weighted by molar-refractivity contribution is 0.0950. The highest BCUT2D eigenvalue weighted by atomic mass is 19.1. The molecule has 1 amide bonds. The Bertz CT molecular complexity index is 1300. The van der Waals surface area contributed by atoms with Crippen LogP contribution in [0.2, 0.25) is 0 Å². The van der Waals surface area contributed by atoms with Gasteiger partial charge in [-0.2, -0.15) is 0 Å². The van der Waals surface area contributed by atoms with Gasteiger partial charge in [-0.25, -0.2) is 8.78 Å².